The van der Waals surface area contributed by atoms with E-state index in [0.717, 1.165) is 31.6 Å². The number of nitrogens with one attached hydrogen (secondary N) is 1. The molecule has 2 rings (SSSR count). The van der Waals surface area contributed by atoms with Gasteiger partial charge in [-0.05, 0) is 33.1 Å². The van der Waals surface area contributed by atoms with E-state index in [1.165, 1.54) is 5.69 Å². The van der Waals surface area contributed by atoms with Crippen molar-refractivity contribution >= 4 is 5.69 Å². The number of anilines is 1. The van der Waals surface area contributed by atoms with Crippen LogP contribution in [0.4, 0.5) is 5.69 Å². The fraction of sp³-hybridized carbons (Fsp3) is 0.769. The highest BCUT2D eigenvalue weighted by Gasteiger charge is 2.29. The molecular formula is C13H23N3O. The molecule has 1 atom stereocenters. The number of hydrogen-bond acceptors (Lipinski definition) is 3. The first-order valence-electron chi connectivity index (χ1n) is 6.43. The van der Waals surface area contributed by atoms with Gasteiger partial charge in [0, 0.05) is 25.9 Å². The van der Waals surface area contributed by atoms with Gasteiger partial charge in [0.25, 0.3) is 0 Å². The first-order chi connectivity index (χ1) is 8.00. The summed E-state index contributed by atoms with van der Waals surface area (Å²) in [6.45, 7) is 7.30. The second-order valence-corrected chi connectivity index (χ2v) is 5.46. The minimum atomic E-state index is -0.00942. The monoisotopic (exact) mass is 237 g/mol. The van der Waals surface area contributed by atoms with Gasteiger partial charge in [-0.3, -0.25) is 4.68 Å². The predicted octanol–water partition coefficient (Wildman–Crippen LogP) is 2.35. The van der Waals surface area contributed by atoms with Gasteiger partial charge in [-0.25, -0.2) is 0 Å². The number of rotatable bonds is 3. The van der Waals surface area contributed by atoms with Gasteiger partial charge in [-0.2, -0.15) is 5.10 Å². The van der Waals surface area contributed by atoms with Crippen LogP contribution in [0.2, 0.25) is 0 Å². The van der Waals surface area contributed by atoms with Crippen LogP contribution in [0.1, 0.15) is 39.3 Å². The Morgan fingerprint density at radius 3 is 3.00 bits per heavy atom. The van der Waals surface area contributed by atoms with Crippen LogP contribution in [-0.2, 0) is 18.2 Å². The molecule has 1 fully saturated rings. The predicted molar refractivity (Wildman–Crippen MR) is 69.3 cm³/mol. The normalized spacial score (nSPS) is 23.6. The highest BCUT2D eigenvalue weighted by Crippen LogP contribution is 2.27. The number of aromatic nitrogens is 2. The van der Waals surface area contributed by atoms with Gasteiger partial charge in [-0.15, -0.1) is 0 Å². The summed E-state index contributed by atoms with van der Waals surface area (Å²) in [5, 5.41) is 8.07. The zero-order valence-electron chi connectivity index (χ0n) is 11.3. The first kappa shape index (κ1) is 12.4. The van der Waals surface area contributed by atoms with E-state index in [9.17, 15) is 0 Å². The molecule has 0 aliphatic carbocycles. The average molecular weight is 237 g/mol. The minimum Gasteiger partial charge on any atom is -0.379 e. The molecule has 0 radical (unpaired) electrons. The Labute approximate surface area is 103 Å². The molecule has 2 heterocycles. The third kappa shape index (κ3) is 3.00. The molecule has 1 aromatic heterocycles. The van der Waals surface area contributed by atoms with Gasteiger partial charge < -0.3 is 10.1 Å². The summed E-state index contributed by atoms with van der Waals surface area (Å²) in [4.78, 5) is 0. The van der Waals surface area contributed by atoms with Gasteiger partial charge in [0.1, 0.15) is 0 Å². The van der Waals surface area contributed by atoms with Crippen molar-refractivity contribution in [2.45, 2.75) is 51.7 Å². The highest BCUT2D eigenvalue weighted by atomic mass is 16.5. The van der Waals surface area contributed by atoms with Crippen LogP contribution in [-0.4, -0.2) is 28.0 Å². The summed E-state index contributed by atoms with van der Waals surface area (Å²) in [7, 11) is 1.97. The first-order valence-corrected chi connectivity index (χ1v) is 6.43. The van der Waals surface area contributed by atoms with E-state index in [0.29, 0.717) is 6.04 Å². The lowest BCUT2D eigenvalue weighted by atomic mass is 9.94. The summed E-state index contributed by atoms with van der Waals surface area (Å²) in [5.74, 6) is 0. The van der Waals surface area contributed by atoms with Crippen LogP contribution >= 0.6 is 0 Å². The molecule has 1 aromatic rings. The lowest BCUT2D eigenvalue weighted by Gasteiger charge is -2.36. The molecule has 1 aliphatic heterocycles. The molecule has 0 bridgehead atoms. The van der Waals surface area contributed by atoms with Crippen molar-refractivity contribution in [3.8, 4) is 0 Å². The van der Waals surface area contributed by atoms with Crippen LogP contribution in [0, 0.1) is 0 Å². The van der Waals surface area contributed by atoms with Gasteiger partial charge in [-0.1, -0.05) is 6.92 Å². The van der Waals surface area contributed by atoms with Crippen molar-refractivity contribution in [3.05, 3.63) is 11.9 Å². The van der Waals surface area contributed by atoms with Crippen LogP contribution in [0.3, 0.4) is 0 Å². The Morgan fingerprint density at radius 1 is 1.59 bits per heavy atom. The largest absolute Gasteiger partial charge is 0.379 e. The van der Waals surface area contributed by atoms with E-state index in [4.69, 9.17) is 4.74 Å². The summed E-state index contributed by atoms with van der Waals surface area (Å²) in [5.41, 5.74) is 2.32. The molecule has 0 saturated carbocycles. The summed E-state index contributed by atoms with van der Waals surface area (Å²) >= 11 is 0. The smallest absolute Gasteiger partial charge is 0.0853 e. The highest BCUT2D eigenvalue weighted by molar-refractivity contribution is 5.47. The van der Waals surface area contributed by atoms with E-state index in [1.54, 1.807) is 0 Å². The van der Waals surface area contributed by atoms with Crippen molar-refractivity contribution in [1.29, 1.82) is 0 Å². The zero-order valence-corrected chi connectivity index (χ0v) is 11.3. The SMILES string of the molecule is CCc1nn(C)cc1NC1CCOC(C)(C)C1. The van der Waals surface area contributed by atoms with E-state index < -0.39 is 0 Å². The molecule has 0 spiro atoms. The summed E-state index contributed by atoms with van der Waals surface area (Å²) < 4.78 is 7.61. The molecular weight excluding hydrogens is 214 g/mol. The maximum atomic E-state index is 5.73. The maximum absolute atomic E-state index is 5.73. The Bertz CT molecular complexity index is 384. The summed E-state index contributed by atoms with van der Waals surface area (Å²) in [6.07, 6.45) is 5.16. The van der Waals surface area contributed by atoms with E-state index in [-0.39, 0.29) is 5.60 Å². The number of aryl methyl sites for hydroxylation is 2. The van der Waals surface area contributed by atoms with Crippen molar-refractivity contribution in [2.75, 3.05) is 11.9 Å². The van der Waals surface area contributed by atoms with Crippen LogP contribution in [0.5, 0.6) is 0 Å². The van der Waals surface area contributed by atoms with E-state index >= 15 is 0 Å². The fourth-order valence-corrected chi connectivity index (χ4v) is 2.49. The third-order valence-corrected chi connectivity index (χ3v) is 3.30. The lowest BCUT2D eigenvalue weighted by Crippen LogP contribution is -2.40. The molecule has 0 amide bonds. The maximum Gasteiger partial charge on any atom is 0.0853 e. The Balaban J connectivity index is 2.04. The molecule has 4 heteroatoms. The molecule has 96 valence electrons. The average Bonchev–Trinajstić information content (AvgIpc) is 2.57. The fourth-order valence-electron chi connectivity index (χ4n) is 2.49. The van der Waals surface area contributed by atoms with Crippen LogP contribution in [0.15, 0.2) is 6.20 Å². The molecule has 0 aromatic carbocycles. The number of ether oxygens (including phenoxy) is 1. The molecule has 1 unspecified atom stereocenters. The van der Waals surface area contributed by atoms with Gasteiger partial charge >= 0.3 is 0 Å². The molecule has 1 aliphatic rings. The Morgan fingerprint density at radius 2 is 2.35 bits per heavy atom. The Kier molecular flexibility index (Phi) is 3.43. The van der Waals surface area contributed by atoms with Crippen LogP contribution in [0.25, 0.3) is 0 Å². The van der Waals surface area contributed by atoms with Gasteiger partial charge in [0.05, 0.1) is 17.0 Å². The third-order valence-electron chi connectivity index (χ3n) is 3.30. The second-order valence-electron chi connectivity index (χ2n) is 5.46. The summed E-state index contributed by atoms with van der Waals surface area (Å²) in [6, 6.07) is 0.494. The van der Waals surface area contributed by atoms with Gasteiger partial charge in [0.15, 0.2) is 0 Å². The standard InChI is InChI=1S/C13H23N3O/c1-5-11-12(9-16(4)15-11)14-10-6-7-17-13(2,3)8-10/h9-10,14H,5-8H2,1-4H3. The molecule has 1 saturated heterocycles. The van der Waals surface area contributed by atoms with Crippen molar-refractivity contribution in [1.82, 2.24) is 9.78 Å². The minimum absolute atomic E-state index is 0.00942. The van der Waals surface area contributed by atoms with Crippen molar-refractivity contribution < 1.29 is 4.74 Å². The number of nitrogens with zero attached hydrogens (tertiary/aromatic N) is 2. The zero-order chi connectivity index (χ0) is 12.5. The molecule has 17 heavy (non-hydrogen) atoms. The van der Waals surface area contributed by atoms with E-state index in [1.807, 2.05) is 11.7 Å². The van der Waals surface area contributed by atoms with Crippen molar-refractivity contribution in [3.63, 3.8) is 0 Å². The lowest BCUT2D eigenvalue weighted by molar-refractivity contribution is -0.0553. The molecule has 4 nitrogen and oxygen atoms in total. The molecule has 1 N–H and O–H groups in total. The quantitative estimate of drug-likeness (QED) is 0.877. The van der Waals surface area contributed by atoms with Gasteiger partial charge in [0.2, 0.25) is 0 Å². The second kappa shape index (κ2) is 4.69. The number of hydrogen-bond donors (Lipinski definition) is 1. The van der Waals surface area contributed by atoms with E-state index in [2.05, 4.69) is 37.4 Å². The Hall–Kier alpha value is -1.03. The topological polar surface area (TPSA) is 39.1 Å². The van der Waals surface area contributed by atoms with Crippen LogP contribution < -0.4 is 5.32 Å². The van der Waals surface area contributed by atoms with Crippen molar-refractivity contribution in [2.24, 2.45) is 7.05 Å².